The lowest BCUT2D eigenvalue weighted by Crippen LogP contribution is -2.26. The molecule has 0 spiro atoms. The van der Waals surface area contributed by atoms with Crippen LogP contribution in [-0.2, 0) is 11.3 Å². The van der Waals surface area contributed by atoms with Gasteiger partial charge in [0.1, 0.15) is 0 Å². The third-order valence-corrected chi connectivity index (χ3v) is 2.94. The Morgan fingerprint density at radius 2 is 2.06 bits per heavy atom. The molecule has 0 radical (unpaired) electrons. The molecule has 0 fully saturated rings. The van der Waals surface area contributed by atoms with Crippen LogP contribution in [0.1, 0.15) is 12.0 Å². The molecule has 1 amide bonds. The number of hydrogen-bond donors (Lipinski definition) is 1. The standard InChI is InChI=1S/C12H16Cl2N2O/c1-16(2)12(17)5-6-15-8-9-7-10(13)3-4-11(9)14/h3-4,7,15H,5-6,8H2,1-2H3. The monoisotopic (exact) mass is 274 g/mol. The number of amides is 1. The molecule has 17 heavy (non-hydrogen) atoms. The van der Waals surface area contributed by atoms with Crippen molar-refractivity contribution in [2.75, 3.05) is 20.6 Å². The van der Waals surface area contributed by atoms with Gasteiger partial charge < -0.3 is 10.2 Å². The van der Waals surface area contributed by atoms with E-state index in [1.54, 1.807) is 31.1 Å². The molecule has 0 unspecified atom stereocenters. The van der Waals surface area contributed by atoms with Crippen molar-refractivity contribution >= 4 is 29.1 Å². The Morgan fingerprint density at radius 3 is 2.71 bits per heavy atom. The number of rotatable bonds is 5. The maximum Gasteiger partial charge on any atom is 0.223 e. The van der Waals surface area contributed by atoms with Crippen LogP contribution < -0.4 is 5.32 Å². The van der Waals surface area contributed by atoms with Crippen molar-refractivity contribution in [3.8, 4) is 0 Å². The minimum absolute atomic E-state index is 0.106. The molecule has 1 aromatic carbocycles. The zero-order chi connectivity index (χ0) is 12.8. The average Bonchev–Trinajstić information content (AvgIpc) is 2.28. The van der Waals surface area contributed by atoms with E-state index in [9.17, 15) is 4.79 Å². The summed E-state index contributed by atoms with van der Waals surface area (Å²) < 4.78 is 0. The molecule has 5 heteroatoms. The van der Waals surface area contributed by atoms with Crippen molar-refractivity contribution in [2.45, 2.75) is 13.0 Å². The fraction of sp³-hybridized carbons (Fsp3) is 0.417. The predicted octanol–water partition coefficient (Wildman–Crippen LogP) is 2.56. The van der Waals surface area contributed by atoms with Gasteiger partial charge in [0, 0.05) is 43.7 Å². The summed E-state index contributed by atoms with van der Waals surface area (Å²) in [6, 6.07) is 5.35. The SMILES string of the molecule is CN(C)C(=O)CCNCc1cc(Cl)ccc1Cl. The van der Waals surface area contributed by atoms with Gasteiger partial charge in [-0.05, 0) is 23.8 Å². The minimum atomic E-state index is 0.106. The molecule has 0 heterocycles. The van der Waals surface area contributed by atoms with Crippen LogP contribution in [-0.4, -0.2) is 31.4 Å². The highest BCUT2D eigenvalue weighted by Gasteiger charge is 2.04. The van der Waals surface area contributed by atoms with Gasteiger partial charge >= 0.3 is 0 Å². The molecule has 0 saturated heterocycles. The highest BCUT2D eigenvalue weighted by atomic mass is 35.5. The van der Waals surface area contributed by atoms with E-state index in [1.807, 2.05) is 6.07 Å². The van der Waals surface area contributed by atoms with Crippen molar-refractivity contribution in [2.24, 2.45) is 0 Å². The minimum Gasteiger partial charge on any atom is -0.349 e. The lowest BCUT2D eigenvalue weighted by molar-refractivity contribution is -0.128. The lowest BCUT2D eigenvalue weighted by Gasteiger charge is -2.11. The van der Waals surface area contributed by atoms with Gasteiger partial charge in [0.25, 0.3) is 0 Å². The summed E-state index contributed by atoms with van der Waals surface area (Å²) in [5.41, 5.74) is 0.941. The Hall–Kier alpha value is -0.770. The van der Waals surface area contributed by atoms with Crippen LogP contribution in [0.5, 0.6) is 0 Å². The number of hydrogen-bond acceptors (Lipinski definition) is 2. The van der Waals surface area contributed by atoms with Gasteiger partial charge in [-0.2, -0.15) is 0 Å². The summed E-state index contributed by atoms with van der Waals surface area (Å²) in [5, 5.41) is 4.51. The number of carbonyl (C=O) groups is 1. The predicted molar refractivity (Wildman–Crippen MR) is 71.5 cm³/mol. The summed E-state index contributed by atoms with van der Waals surface area (Å²) in [4.78, 5) is 12.9. The van der Waals surface area contributed by atoms with E-state index >= 15 is 0 Å². The first-order valence-corrected chi connectivity index (χ1v) is 6.11. The smallest absolute Gasteiger partial charge is 0.223 e. The third kappa shape index (κ3) is 4.94. The zero-order valence-corrected chi connectivity index (χ0v) is 11.5. The number of carbonyl (C=O) groups excluding carboxylic acids is 1. The third-order valence-electron chi connectivity index (χ3n) is 2.34. The van der Waals surface area contributed by atoms with Crippen molar-refractivity contribution < 1.29 is 4.79 Å². The number of nitrogens with zero attached hydrogens (tertiary/aromatic N) is 1. The molecule has 0 aromatic heterocycles. The molecule has 1 N–H and O–H groups in total. The second kappa shape index (κ2) is 6.84. The molecule has 1 rings (SSSR count). The summed E-state index contributed by atoms with van der Waals surface area (Å²) in [6.07, 6.45) is 0.477. The summed E-state index contributed by atoms with van der Waals surface area (Å²) in [7, 11) is 3.49. The number of benzene rings is 1. The Labute approximate surface area is 112 Å². The Morgan fingerprint density at radius 1 is 1.35 bits per heavy atom. The first-order chi connectivity index (χ1) is 8.00. The van der Waals surface area contributed by atoms with E-state index in [4.69, 9.17) is 23.2 Å². The van der Waals surface area contributed by atoms with Crippen LogP contribution in [0.4, 0.5) is 0 Å². The van der Waals surface area contributed by atoms with E-state index in [-0.39, 0.29) is 5.91 Å². The second-order valence-corrected chi connectivity index (χ2v) is 4.79. The maximum atomic E-state index is 11.3. The fourth-order valence-electron chi connectivity index (χ4n) is 1.32. The Bertz CT molecular complexity index is 394. The van der Waals surface area contributed by atoms with Gasteiger partial charge in [0.05, 0.1) is 0 Å². The topological polar surface area (TPSA) is 32.3 Å². The zero-order valence-electron chi connectivity index (χ0n) is 9.96. The average molecular weight is 275 g/mol. The molecule has 0 aliphatic rings. The van der Waals surface area contributed by atoms with Gasteiger partial charge in [-0.1, -0.05) is 23.2 Å². The van der Waals surface area contributed by atoms with Gasteiger partial charge in [-0.25, -0.2) is 0 Å². The van der Waals surface area contributed by atoms with E-state index < -0.39 is 0 Å². The van der Waals surface area contributed by atoms with Crippen molar-refractivity contribution in [1.29, 1.82) is 0 Å². The Balaban J connectivity index is 2.36. The molecule has 0 bridgehead atoms. The van der Waals surface area contributed by atoms with Gasteiger partial charge in [0.2, 0.25) is 5.91 Å². The van der Waals surface area contributed by atoms with Gasteiger partial charge in [0.15, 0.2) is 0 Å². The number of halogens is 2. The van der Waals surface area contributed by atoms with E-state index in [2.05, 4.69) is 5.32 Å². The molecule has 1 aromatic rings. The largest absolute Gasteiger partial charge is 0.349 e. The molecule has 0 saturated carbocycles. The second-order valence-electron chi connectivity index (χ2n) is 3.95. The maximum absolute atomic E-state index is 11.3. The molecule has 94 valence electrons. The summed E-state index contributed by atoms with van der Waals surface area (Å²) in [5.74, 6) is 0.106. The highest BCUT2D eigenvalue weighted by molar-refractivity contribution is 6.33. The molecule has 3 nitrogen and oxygen atoms in total. The molecular formula is C12H16Cl2N2O. The lowest BCUT2D eigenvalue weighted by atomic mass is 10.2. The van der Waals surface area contributed by atoms with Crippen LogP contribution in [0.15, 0.2) is 18.2 Å². The van der Waals surface area contributed by atoms with Crippen LogP contribution in [0.3, 0.4) is 0 Å². The Kier molecular flexibility index (Phi) is 5.75. The van der Waals surface area contributed by atoms with Crippen molar-refractivity contribution in [1.82, 2.24) is 10.2 Å². The normalized spacial score (nSPS) is 10.4. The number of nitrogens with one attached hydrogen (secondary N) is 1. The fourth-order valence-corrected chi connectivity index (χ4v) is 1.70. The van der Waals surface area contributed by atoms with Crippen molar-refractivity contribution in [3.05, 3.63) is 33.8 Å². The van der Waals surface area contributed by atoms with Crippen LogP contribution in [0.25, 0.3) is 0 Å². The highest BCUT2D eigenvalue weighted by Crippen LogP contribution is 2.20. The van der Waals surface area contributed by atoms with E-state index in [1.165, 1.54) is 0 Å². The van der Waals surface area contributed by atoms with Crippen LogP contribution in [0.2, 0.25) is 10.0 Å². The quantitative estimate of drug-likeness (QED) is 0.838. The van der Waals surface area contributed by atoms with Crippen molar-refractivity contribution in [3.63, 3.8) is 0 Å². The first-order valence-electron chi connectivity index (χ1n) is 5.35. The molecular weight excluding hydrogens is 259 g/mol. The molecule has 0 aliphatic carbocycles. The summed E-state index contributed by atoms with van der Waals surface area (Å²) in [6.45, 7) is 1.24. The first kappa shape index (κ1) is 14.3. The van der Waals surface area contributed by atoms with E-state index in [0.29, 0.717) is 29.6 Å². The summed E-state index contributed by atoms with van der Waals surface area (Å²) >= 11 is 11.9. The van der Waals surface area contributed by atoms with Gasteiger partial charge in [-0.15, -0.1) is 0 Å². The van der Waals surface area contributed by atoms with Gasteiger partial charge in [-0.3, -0.25) is 4.79 Å². The molecule has 0 atom stereocenters. The van der Waals surface area contributed by atoms with Crippen LogP contribution in [0, 0.1) is 0 Å². The molecule has 0 aliphatic heterocycles. The van der Waals surface area contributed by atoms with Crippen LogP contribution >= 0.6 is 23.2 Å². The van der Waals surface area contributed by atoms with E-state index in [0.717, 1.165) is 5.56 Å².